The molecule has 1 aromatic rings. The van der Waals surface area contributed by atoms with Crippen molar-refractivity contribution in [2.45, 2.75) is 18.9 Å². The summed E-state index contributed by atoms with van der Waals surface area (Å²) in [5.74, 6) is 0.0884. The summed E-state index contributed by atoms with van der Waals surface area (Å²) in [6.07, 6.45) is 0. The Morgan fingerprint density at radius 3 is 2.50 bits per heavy atom. The van der Waals surface area contributed by atoms with Gasteiger partial charge in [0.1, 0.15) is 0 Å². The summed E-state index contributed by atoms with van der Waals surface area (Å²) in [7, 11) is 3.78. The zero-order valence-electron chi connectivity index (χ0n) is 11.3. The molecule has 1 rings (SSSR count). The maximum Gasteiger partial charge on any atom is 0.0816 e. The highest BCUT2D eigenvalue weighted by molar-refractivity contribution is 7.80. The van der Waals surface area contributed by atoms with Crippen LogP contribution in [0.25, 0.3) is 0 Å². The molecule has 0 saturated carbocycles. The lowest BCUT2D eigenvalue weighted by atomic mass is 9.98. The van der Waals surface area contributed by atoms with Gasteiger partial charge in [0, 0.05) is 25.6 Å². The minimum Gasteiger partial charge on any atom is -0.393 e. The molecule has 0 aliphatic rings. The number of benzene rings is 1. The second-order valence-corrected chi connectivity index (χ2v) is 5.08. The zero-order valence-corrected chi connectivity index (χ0v) is 12.1. The van der Waals surface area contributed by atoms with Gasteiger partial charge in [-0.15, -0.1) is 0 Å². The van der Waals surface area contributed by atoms with E-state index in [9.17, 15) is 0 Å². The summed E-state index contributed by atoms with van der Waals surface area (Å²) < 4.78 is 5.17. The topological polar surface area (TPSA) is 38.5 Å². The van der Waals surface area contributed by atoms with E-state index in [1.54, 1.807) is 7.11 Å². The van der Waals surface area contributed by atoms with Gasteiger partial charge in [-0.05, 0) is 19.5 Å². The van der Waals surface area contributed by atoms with Gasteiger partial charge in [-0.3, -0.25) is 0 Å². The highest BCUT2D eigenvalue weighted by atomic mass is 32.1. The maximum atomic E-state index is 5.86. The summed E-state index contributed by atoms with van der Waals surface area (Å²) in [4.78, 5) is 2.76. The highest BCUT2D eigenvalue weighted by Crippen LogP contribution is 2.18. The number of rotatable bonds is 7. The van der Waals surface area contributed by atoms with Crippen LogP contribution in [0.5, 0.6) is 0 Å². The predicted octanol–water partition coefficient (Wildman–Crippen LogP) is 2.02. The number of methoxy groups -OCH3 is 1. The standard InChI is InChI=1S/C14H22N2OS/c1-11(10-17-3)16(2)9-13(14(15)18)12-7-5-4-6-8-12/h4-8,11,13H,9-10H2,1-3H3,(H2,15,18). The lowest BCUT2D eigenvalue weighted by molar-refractivity contribution is 0.115. The Labute approximate surface area is 115 Å². The molecular weight excluding hydrogens is 244 g/mol. The number of nitrogens with two attached hydrogens (primary N) is 1. The van der Waals surface area contributed by atoms with Gasteiger partial charge < -0.3 is 15.4 Å². The van der Waals surface area contributed by atoms with Gasteiger partial charge in [-0.2, -0.15) is 0 Å². The van der Waals surface area contributed by atoms with E-state index in [-0.39, 0.29) is 5.92 Å². The molecule has 2 atom stereocenters. The average Bonchev–Trinajstić information content (AvgIpc) is 2.36. The molecule has 0 aliphatic carbocycles. The van der Waals surface area contributed by atoms with Crippen LogP contribution in [0.1, 0.15) is 18.4 Å². The Morgan fingerprint density at radius 1 is 1.39 bits per heavy atom. The Kier molecular flexibility index (Phi) is 6.25. The van der Waals surface area contributed by atoms with Gasteiger partial charge in [0.15, 0.2) is 0 Å². The Morgan fingerprint density at radius 2 is 2.00 bits per heavy atom. The molecule has 0 heterocycles. The van der Waals surface area contributed by atoms with Crippen LogP contribution < -0.4 is 5.73 Å². The van der Waals surface area contributed by atoms with Crippen LogP contribution in [-0.4, -0.2) is 43.2 Å². The first-order chi connectivity index (χ1) is 8.56. The fourth-order valence-corrected chi connectivity index (χ4v) is 2.09. The van der Waals surface area contributed by atoms with E-state index in [1.165, 1.54) is 5.56 Å². The van der Waals surface area contributed by atoms with E-state index in [0.717, 1.165) is 6.54 Å². The first kappa shape index (κ1) is 15.1. The Hall–Kier alpha value is -0.970. The molecule has 0 bridgehead atoms. The number of hydrogen-bond donors (Lipinski definition) is 1. The maximum absolute atomic E-state index is 5.86. The van der Waals surface area contributed by atoms with Gasteiger partial charge >= 0.3 is 0 Å². The normalized spacial score (nSPS) is 14.4. The van der Waals surface area contributed by atoms with E-state index in [4.69, 9.17) is 22.7 Å². The molecule has 2 unspecified atom stereocenters. The zero-order chi connectivity index (χ0) is 13.5. The molecule has 0 aliphatic heterocycles. The molecule has 0 fully saturated rings. The third kappa shape index (κ3) is 4.37. The van der Waals surface area contributed by atoms with Gasteiger partial charge in [-0.25, -0.2) is 0 Å². The van der Waals surface area contributed by atoms with E-state index in [1.807, 2.05) is 18.2 Å². The summed E-state index contributed by atoms with van der Waals surface area (Å²) in [6.45, 7) is 3.64. The van der Waals surface area contributed by atoms with Crippen molar-refractivity contribution in [2.24, 2.45) is 5.73 Å². The van der Waals surface area contributed by atoms with Crippen LogP contribution in [0, 0.1) is 0 Å². The van der Waals surface area contributed by atoms with Crippen LogP contribution in [0.3, 0.4) is 0 Å². The lowest BCUT2D eigenvalue weighted by Gasteiger charge is -2.28. The largest absolute Gasteiger partial charge is 0.393 e. The molecule has 100 valence electrons. The van der Waals surface area contributed by atoms with Crippen molar-refractivity contribution in [2.75, 3.05) is 27.3 Å². The smallest absolute Gasteiger partial charge is 0.0816 e. The minimum absolute atomic E-state index is 0.0884. The van der Waals surface area contributed by atoms with Gasteiger partial charge in [0.2, 0.25) is 0 Å². The number of ether oxygens (including phenoxy) is 1. The summed E-state index contributed by atoms with van der Waals surface area (Å²) >= 11 is 5.19. The van der Waals surface area contributed by atoms with Crippen LogP contribution in [-0.2, 0) is 4.74 Å². The van der Waals surface area contributed by atoms with Crippen molar-refractivity contribution in [3.05, 3.63) is 35.9 Å². The molecule has 1 aromatic carbocycles. The van der Waals surface area contributed by atoms with Crippen molar-refractivity contribution >= 4 is 17.2 Å². The van der Waals surface area contributed by atoms with Crippen LogP contribution >= 0.6 is 12.2 Å². The van der Waals surface area contributed by atoms with E-state index < -0.39 is 0 Å². The van der Waals surface area contributed by atoms with Gasteiger partial charge in [-0.1, -0.05) is 42.5 Å². The lowest BCUT2D eigenvalue weighted by Crippen LogP contribution is -2.38. The molecule has 0 amide bonds. The van der Waals surface area contributed by atoms with Crippen molar-refractivity contribution in [1.29, 1.82) is 0 Å². The number of thiocarbonyl (C=S) groups is 1. The molecular formula is C14H22N2OS. The van der Waals surface area contributed by atoms with Gasteiger partial charge in [0.05, 0.1) is 11.6 Å². The molecule has 0 spiro atoms. The van der Waals surface area contributed by atoms with E-state index >= 15 is 0 Å². The van der Waals surface area contributed by atoms with Crippen molar-refractivity contribution in [3.63, 3.8) is 0 Å². The Bertz CT molecular complexity index is 369. The highest BCUT2D eigenvalue weighted by Gasteiger charge is 2.19. The quantitative estimate of drug-likeness (QED) is 0.766. The summed E-state index contributed by atoms with van der Waals surface area (Å²) in [6, 6.07) is 10.5. The second kappa shape index (κ2) is 7.46. The van der Waals surface area contributed by atoms with Crippen LogP contribution in [0.2, 0.25) is 0 Å². The first-order valence-electron chi connectivity index (χ1n) is 6.09. The van der Waals surface area contributed by atoms with E-state index in [2.05, 4.69) is 31.0 Å². The third-order valence-corrected chi connectivity index (χ3v) is 3.46. The van der Waals surface area contributed by atoms with Gasteiger partial charge in [0.25, 0.3) is 0 Å². The number of hydrogen-bond acceptors (Lipinski definition) is 3. The summed E-state index contributed by atoms with van der Waals surface area (Å²) in [5, 5.41) is 0. The molecule has 2 N–H and O–H groups in total. The van der Waals surface area contributed by atoms with Crippen molar-refractivity contribution in [1.82, 2.24) is 4.90 Å². The SMILES string of the molecule is COCC(C)N(C)CC(C(N)=S)c1ccccc1. The van der Waals surface area contributed by atoms with E-state index in [0.29, 0.717) is 17.6 Å². The predicted molar refractivity (Wildman–Crippen MR) is 79.9 cm³/mol. The average molecular weight is 266 g/mol. The van der Waals surface area contributed by atoms with Crippen LogP contribution in [0.15, 0.2) is 30.3 Å². The first-order valence-corrected chi connectivity index (χ1v) is 6.50. The number of nitrogens with zero attached hydrogens (tertiary/aromatic N) is 1. The molecule has 3 nitrogen and oxygen atoms in total. The fourth-order valence-electron chi connectivity index (χ4n) is 1.88. The van der Waals surface area contributed by atoms with Crippen LogP contribution in [0.4, 0.5) is 0 Å². The van der Waals surface area contributed by atoms with Crippen molar-refractivity contribution in [3.8, 4) is 0 Å². The fraction of sp³-hybridized carbons (Fsp3) is 0.500. The number of likely N-dealkylation sites (N-methyl/N-ethyl adjacent to an activating group) is 1. The summed E-state index contributed by atoms with van der Waals surface area (Å²) in [5.41, 5.74) is 7.03. The van der Waals surface area contributed by atoms with Crippen molar-refractivity contribution < 1.29 is 4.74 Å². The third-order valence-electron chi connectivity index (χ3n) is 3.18. The molecule has 4 heteroatoms. The second-order valence-electron chi connectivity index (χ2n) is 4.61. The molecule has 0 radical (unpaired) electrons. The Balaban J connectivity index is 2.73. The monoisotopic (exact) mass is 266 g/mol. The minimum atomic E-state index is 0.0884. The molecule has 0 aromatic heterocycles. The molecule has 0 saturated heterocycles. The molecule has 18 heavy (non-hydrogen) atoms.